The van der Waals surface area contributed by atoms with Crippen molar-refractivity contribution in [1.29, 1.82) is 0 Å². The van der Waals surface area contributed by atoms with E-state index in [9.17, 15) is 0 Å². The summed E-state index contributed by atoms with van der Waals surface area (Å²) >= 11 is 0. The molecule has 0 bridgehead atoms. The Bertz CT molecular complexity index is 365. The van der Waals surface area contributed by atoms with Crippen molar-refractivity contribution in [3.63, 3.8) is 0 Å². The predicted octanol–water partition coefficient (Wildman–Crippen LogP) is 1.34. The fourth-order valence-corrected chi connectivity index (χ4v) is 2.91. The van der Waals surface area contributed by atoms with E-state index in [1.807, 2.05) is 6.20 Å². The van der Waals surface area contributed by atoms with Gasteiger partial charge in [-0.2, -0.15) is 0 Å². The molecule has 1 aliphatic carbocycles. The molecule has 1 spiro atoms. The first-order valence-corrected chi connectivity index (χ1v) is 6.09. The summed E-state index contributed by atoms with van der Waals surface area (Å²) in [6.07, 6.45) is 8.07. The van der Waals surface area contributed by atoms with Crippen LogP contribution in [0.4, 0.5) is 0 Å². The maximum Gasteiger partial charge on any atom is 0.126 e. The summed E-state index contributed by atoms with van der Waals surface area (Å²) in [6.45, 7) is 2.83. The molecule has 1 aromatic rings. The van der Waals surface area contributed by atoms with Crippen LogP contribution in [0, 0.1) is 5.41 Å². The minimum absolute atomic E-state index is 0.480. The Morgan fingerprint density at radius 3 is 3.06 bits per heavy atom. The molecule has 4 heteroatoms. The SMILES string of the molecule is COCCn1ccnc1C1NCC12CCC2. The molecule has 3 rings (SSSR count). The monoisotopic (exact) mass is 221 g/mol. The molecule has 2 fully saturated rings. The zero-order valence-corrected chi connectivity index (χ0v) is 9.78. The number of hydrogen-bond acceptors (Lipinski definition) is 3. The maximum atomic E-state index is 5.12. The van der Waals surface area contributed by atoms with Crippen LogP contribution in [0.5, 0.6) is 0 Å². The number of nitrogens with one attached hydrogen (secondary N) is 1. The lowest BCUT2D eigenvalue weighted by Crippen LogP contribution is -2.60. The van der Waals surface area contributed by atoms with Gasteiger partial charge in [0.15, 0.2) is 0 Å². The Morgan fingerprint density at radius 1 is 1.62 bits per heavy atom. The summed E-state index contributed by atoms with van der Waals surface area (Å²) in [7, 11) is 1.74. The van der Waals surface area contributed by atoms with Gasteiger partial charge in [0, 0.05) is 38.0 Å². The van der Waals surface area contributed by atoms with E-state index < -0.39 is 0 Å². The van der Waals surface area contributed by atoms with Gasteiger partial charge in [0.05, 0.1) is 12.6 Å². The van der Waals surface area contributed by atoms with E-state index in [4.69, 9.17) is 4.74 Å². The first-order valence-electron chi connectivity index (χ1n) is 6.09. The molecule has 1 N–H and O–H groups in total. The van der Waals surface area contributed by atoms with Gasteiger partial charge in [0.25, 0.3) is 0 Å². The molecule has 1 unspecified atom stereocenters. The van der Waals surface area contributed by atoms with E-state index in [1.165, 1.54) is 31.6 Å². The molecule has 1 saturated carbocycles. The molecule has 2 aliphatic rings. The van der Waals surface area contributed by atoms with Crippen LogP contribution in [0.3, 0.4) is 0 Å². The smallest absolute Gasteiger partial charge is 0.126 e. The van der Waals surface area contributed by atoms with Gasteiger partial charge >= 0.3 is 0 Å². The van der Waals surface area contributed by atoms with Gasteiger partial charge in [-0.15, -0.1) is 0 Å². The third-order valence-corrected chi connectivity index (χ3v) is 4.16. The molecule has 0 aromatic carbocycles. The first kappa shape index (κ1) is 10.3. The quantitative estimate of drug-likeness (QED) is 0.834. The number of imidazole rings is 1. The van der Waals surface area contributed by atoms with Crippen LogP contribution in [-0.2, 0) is 11.3 Å². The average Bonchev–Trinajstić information content (AvgIpc) is 2.59. The number of ether oxygens (including phenoxy) is 1. The number of hydrogen-bond donors (Lipinski definition) is 1. The largest absolute Gasteiger partial charge is 0.383 e. The van der Waals surface area contributed by atoms with Gasteiger partial charge in [-0.1, -0.05) is 6.42 Å². The van der Waals surface area contributed by atoms with E-state index in [0.29, 0.717) is 11.5 Å². The lowest BCUT2D eigenvalue weighted by molar-refractivity contribution is -0.0121. The van der Waals surface area contributed by atoms with Crippen LogP contribution < -0.4 is 5.32 Å². The predicted molar refractivity (Wildman–Crippen MR) is 61.1 cm³/mol. The van der Waals surface area contributed by atoms with Crippen molar-refractivity contribution < 1.29 is 4.74 Å². The van der Waals surface area contributed by atoms with Gasteiger partial charge < -0.3 is 14.6 Å². The van der Waals surface area contributed by atoms with E-state index in [1.54, 1.807) is 7.11 Å². The molecule has 1 atom stereocenters. The highest BCUT2D eigenvalue weighted by molar-refractivity contribution is 5.16. The van der Waals surface area contributed by atoms with Crippen molar-refractivity contribution in [3.05, 3.63) is 18.2 Å². The summed E-state index contributed by atoms with van der Waals surface area (Å²) in [5, 5.41) is 3.53. The number of nitrogens with zero attached hydrogens (tertiary/aromatic N) is 2. The van der Waals surface area contributed by atoms with Crippen molar-refractivity contribution in [2.24, 2.45) is 5.41 Å². The molecule has 1 saturated heterocycles. The van der Waals surface area contributed by atoms with Crippen LogP contribution in [0.25, 0.3) is 0 Å². The molecule has 1 aliphatic heterocycles. The van der Waals surface area contributed by atoms with Crippen molar-refractivity contribution in [2.45, 2.75) is 31.8 Å². The third-order valence-electron chi connectivity index (χ3n) is 4.16. The zero-order valence-electron chi connectivity index (χ0n) is 9.78. The second-order valence-electron chi connectivity index (χ2n) is 5.00. The molecule has 4 nitrogen and oxygen atoms in total. The molecular formula is C12H19N3O. The summed E-state index contributed by atoms with van der Waals surface area (Å²) in [4.78, 5) is 4.51. The van der Waals surface area contributed by atoms with Crippen molar-refractivity contribution in [2.75, 3.05) is 20.3 Å². The zero-order chi connectivity index (χ0) is 11.0. The Hall–Kier alpha value is -0.870. The fraction of sp³-hybridized carbons (Fsp3) is 0.750. The number of aromatic nitrogens is 2. The normalized spacial score (nSPS) is 26.4. The fourth-order valence-electron chi connectivity index (χ4n) is 2.91. The van der Waals surface area contributed by atoms with Gasteiger partial charge in [0.2, 0.25) is 0 Å². The standard InChI is InChI=1S/C12H19N3O/c1-16-8-7-15-6-5-13-11(15)10-12(9-14-10)3-2-4-12/h5-6,10,14H,2-4,7-9H2,1H3. The topological polar surface area (TPSA) is 39.1 Å². The second kappa shape index (κ2) is 3.86. The van der Waals surface area contributed by atoms with Gasteiger partial charge in [0.1, 0.15) is 5.82 Å². The van der Waals surface area contributed by atoms with Crippen molar-refractivity contribution in [1.82, 2.24) is 14.9 Å². The Kier molecular flexibility index (Phi) is 2.48. The Balaban J connectivity index is 1.76. The highest BCUT2D eigenvalue weighted by Gasteiger charge is 2.52. The van der Waals surface area contributed by atoms with E-state index in [-0.39, 0.29) is 0 Å². The van der Waals surface area contributed by atoms with E-state index in [2.05, 4.69) is 21.1 Å². The summed E-state index contributed by atoms with van der Waals surface area (Å²) < 4.78 is 7.35. The first-order chi connectivity index (χ1) is 7.86. The molecule has 88 valence electrons. The molecule has 16 heavy (non-hydrogen) atoms. The van der Waals surface area contributed by atoms with Crippen LogP contribution in [0.1, 0.15) is 31.1 Å². The maximum absolute atomic E-state index is 5.12. The minimum atomic E-state index is 0.480. The van der Waals surface area contributed by atoms with Crippen molar-refractivity contribution in [3.8, 4) is 0 Å². The van der Waals surface area contributed by atoms with Crippen LogP contribution in [0.15, 0.2) is 12.4 Å². The average molecular weight is 221 g/mol. The van der Waals surface area contributed by atoms with Crippen LogP contribution >= 0.6 is 0 Å². The lowest BCUT2D eigenvalue weighted by atomic mass is 9.59. The lowest BCUT2D eigenvalue weighted by Gasteiger charge is -2.56. The third kappa shape index (κ3) is 1.40. The summed E-state index contributed by atoms with van der Waals surface area (Å²) in [6, 6.07) is 0.480. The van der Waals surface area contributed by atoms with Gasteiger partial charge in [-0.3, -0.25) is 0 Å². The highest BCUT2D eigenvalue weighted by atomic mass is 16.5. The molecular weight excluding hydrogens is 202 g/mol. The van der Waals surface area contributed by atoms with Crippen molar-refractivity contribution >= 4 is 0 Å². The van der Waals surface area contributed by atoms with E-state index >= 15 is 0 Å². The van der Waals surface area contributed by atoms with Gasteiger partial charge in [-0.25, -0.2) is 4.98 Å². The molecule has 0 radical (unpaired) electrons. The minimum Gasteiger partial charge on any atom is -0.383 e. The van der Waals surface area contributed by atoms with E-state index in [0.717, 1.165) is 13.2 Å². The molecule has 2 heterocycles. The van der Waals surface area contributed by atoms with Crippen LogP contribution in [0.2, 0.25) is 0 Å². The molecule has 0 amide bonds. The highest BCUT2D eigenvalue weighted by Crippen LogP contribution is 2.54. The Morgan fingerprint density at radius 2 is 2.50 bits per heavy atom. The second-order valence-corrected chi connectivity index (χ2v) is 5.00. The summed E-state index contributed by atoms with van der Waals surface area (Å²) in [5.74, 6) is 1.20. The summed E-state index contributed by atoms with van der Waals surface area (Å²) in [5.41, 5.74) is 0.538. The van der Waals surface area contributed by atoms with Crippen LogP contribution in [-0.4, -0.2) is 29.8 Å². The number of rotatable bonds is 4. The van der Waals surface area contributed by atoms with Gasteiger partial charge in [-0.05, 0) is 12.8 Å². The number of methoxy groups -OCH3 is 1. The Labute approximate surface area is 96.0 Å². The molecule has 1 aromatic heterocycles.